The second kappa shape index (κ2) is 7.05. The highest BCUT2D eigenvalue weighted by molar-refractivity contribution is 7.13. The van der Waals surface area contributed by atoms with Crippen LogP contribution in [0.2, 0.25) is 0 Å². The standard InChI is InChI=1S/C20H21N3O2S/c1-13-7-8-18(25-13)19-22-17(12-26-19)20(24)23-10-15(9-21)16(11-23)14-5-3-2-4-6-14/h2-8,12,15-16H,9-11,21H2,1H3/t15-,16+/m1/s1. The number of amides is 1. The number of rotatable bonds is 4. The molecule has 1 amide bonds. The number of hydrogen-bond acceptors (Lipinski definition) is 5. The fourth-order valence-electron chi connectivity index (χ4n) is 3.55. The monoisotopic (exact) mass is 367 g/mol. The van der Waals surface area contributed by atoms with E-state index in [1.54, 1.807) is 0 Å². The van der Waals surface area contributed by atoms with E-state index in [-0.39, 0.29) is 17.7 Å². The summed E-state index contributed by atoms with van der Waals surface area (Å²) in [4.78, 5) is 19.3. The number of likely N-dealkylation sites (tertiary alicyclic amines) is 1. The van der Waals surface area contributed by atoms with Crippen LogP contribution in [0.15, 0.2) is 52.3 Å². The molecule has 4 rings (SSSR count). The van der Waals surface area contributed by atoms with Crippen molar-refractivity contribution >= 4 is 17.2 Å². The van der Waals surface area contributed by atoms with Crippen LogP contribution >= 0.6 is 11.3 Å². The first-order valence-electron chi connectivity index (χ1n) is 8.72. The third-order valence-electron chi connectivity index (χ3n) is 4.93. The number of carbonyl (C=O) groups excluding carboxylic acids is 1. The number of furan rings is 1. The maximum Gasteiger partial charge on any atom is 0.273 e. The lowest BCUT2D eigenvalue weighted by Crippen LogP contribution is -2.30. The van der Waals surface area contributed by atoms with Crippen LogP contribution in [0.5, 0.6) is 0 Å². The van der Waals surface area contributed by atoms with Gasteiger partial charge in [-0.25, -0.2) is 4.98 Å². The van der Waals surface area contributed by atoms with E-state index in [9.17, 15) is 4.79 Å². The second-order valence-electron chi connectivity index (χ2n) is 6.67. The fourth-order valence-corrected chi connectivity index (χ4v) is 4.30. The van der Waals surface area contributed by atoms with Crippen LogP contribution in [0.1, 0.15) is 27.7 Å². The molecule has 0 aliphatic carbocycles. The number of hydrogen-bond donors (Lipinski definition) is 1. The molecule has 0 spiro atoms. The van der Waals surface area contributed by atoms with E-state index in [0.717, 1.165) is 10.8 Å². The number of nitrogens with two attached hydrogens (primary N) is 1. The van der Waals surface area contributed by atoms with Gasteiger partial charge in [0.2, 0.25) is 0 Å². The van der Waals surface area contributed by atoms with E-state index in [4.69, 9.17) is 10.2 Å². The molecule has 26 heavy (non-hydrogen) atoms. The molecular formula is C20H21N3O2S. The molecule has 1 aliphatic heterocycles. The Morgan fingerprint density at radius 1 is 1.27 bits per heavy atom. The predicted octanol–water partition coefficient (Wildman–Crippen LogP) is 3.53. The lowest BCUT2D eigenvalue weighted by molar-refractivity contribution is 0.0781. The Balaban J connectivity index is 1.53. The van der Waals surface area contributed by atoms with Gasteiger partial charge in [0.25, 0.3) is 5.91 Å². The van der Waals surface area contributed by atoms with Crippen LogP contribution in [0.3, 0.4) is 0 Å². The van der Waals surface area contributed by atoms with Crippen LogP contribution in [0.25, 0.3) is 10.8 Å². The Labute approximate surface area is 156 Å². The lowest BCUT2D eigenvalue weighted by Gasteiger charge is -2.16. The summed E-state index contributed by atoms with van der Waals surface area (Å²) >= 11 is 1.43. The zero-order valence-electron chi connectivity index (χ0n) is 14.6. The highest BCUT2D eigenvalue weighted by Crippen LogP contribution is 2.33. The smallest absolute Gasteiger partial charge is 0.273 e. The first kappa shape index (κ1) is 17.0. The average molecular weight is 367 g/mol. The van der Waals surface area contributed by atoms with Gasteiger partial charge < -0.3 is 15.1 Å². The molecule has 1 saturated heterocycles. The van der Waals surface area contributed by atoms with E-state index in [1.165, 1.54) is 16.9 Å². The zero-order chi connectivity index (χ0) is 18.1. The van der Waals surface area contributed by atoms with Crippen molar-refractivity contribution in [3.05, 3.63) is 64.9 Å². The van der Waals surface area contributed by atoms with Gasteiger partial charge in [0.1, 0.15) is 11.5 Å². The van der Waals surface area contributed by atoms with Gasteiger partial charge in [-0.3, -0.25) is 4.79 Å². The first-order valence-corrected chi connectivity index (χ1v) is 9.60. The molecule has 3 aromatic rings. The summed E-state index contributed by atoms with van der Waals surface area (Å²) in [7, 11) is 0. The Bertz CT molecular complexity index is 903. The van der Waals surface area contributed by atoms with Crippen LogP contribution in [-0.2, 0) is 0 Å². The number of benzene rings is 1. The molecular weight excluding hydrogens is 346 g/mol. The maximum absolute atomic E-state index is 12.9. The van der Waals surface area contributed by atoms with Crippen molar-refractivity contribution in [3.63, 3.8) is 0 Å². The topological polar surface area (TPSA) is 72.4 Å². The van der Waals surface area contributed by atoms with Crippen molar-refractivity contribution in [2.75, 3.05) is 19.6 Å². The average Bonchev–Trinajstić information content (AvgIpc) is 3.40. The lowest BCUT2D eigenvalue weighted by atomic mass is 9.89. The third kappa shape index (κ3) is 3.18. The summed E-state index contributed by atoms with van der Waals surface area (Å²) in [5.41, 5.74) is 7.70. The minimum Gasteiger partial charge on any atom is -0.459 e. The largest absolute Gasteiger partial charge is 0.459 e. The van der Waals surface area contributed by atoms with Crippen molar-refractivity contribution in [2.24, 2.45) is 11.7 Å². The summed E-state index contributed by atoms with van der Waals surface area (Å²) < 4.78 is 5.60. The number of thiazole rings is 1. The van der Waals surface area contributed by atoms with E-state index < -0.39 is 0 Å². The van der Waals surface area contributed by atoms with E-state index in [1.807, 2.05) is 47.5 Å². The van der Waals surface area contributed by atoms with E-state index in [2.05, 4.69) is 17.1 Å². The molecule has 3 heterocycles. The van der Waals surface area contributed by atoms with Gasteiger partial charge in [0.05, 0.1) is 0 Å². The van der Waals surface area contributed by atoms with Gasteiger partial charge in [0.15, 0.2) is 10.8 Å². The van der Waals surface area contributed by atoms with Crippen molar-refractivity contribution in [2.45, 2.75) is 12.8 Å². The van der Waals surface area contributed by atoms with E-state index in [0.29, 0.717) is 31.1 Å². The minimum atomic E-state index is -0.0346. The zero-order valence-corrected chi connectivity index (χ0v) is 15.4. The number of aryl methyl sites for hydroxylation is 1. The fraction of sp³-hybridized carbons (Fsp3) is 0.300. The number of nitrogens with zero attached hydrogens (tertiary/aromatic N) is 2. The highest BCUT2D eigenvalue weighted by Gasteiger charge is 2.36. The van der Waals surface area contributed by atoms with Gasteiger partial charge in [-0.2, -0.15) is 0 Å². The third-order valence-corrected chi connectivity index (χ3v) is 5.79. The summed E-state index contributed by atoms with van der Waals surface area (Å²) in [5, 5.41) is 2.54. The van der Waals surface area contributed by atoms with Crippen molar-refractivity contribution in [3.8, 4) is 10.8 Å². The second-order valence-corrected chi connectivity index (χ2v) is 7.53. The minimum absolute atomic E-state index is 0.0346. The molecule has 2 atom stereocenters. The Kier molecular flexibility index (Phi) is 4.61. The number of aromatic nitrogens is 1. The SMILES string of the molecule is Cc1ccc(-c2nc(C(=O)N3C[C@@H](CN)[C@H](c4ccccc4)C3)cs2)o1. The van der Waals surface area contributed by atoms with Crippen LogP contribution in [0.4, 0.5) is 0 Å². The van der Waals surface area contributed by atoms with Gasteiger partial charge in [-0.05, 0) is 37.1 Å². The molecule has 0 unspecified atom stereocenters. The Morgan fingerprint density at radius 2 is 2.08 bits per heavy atom. The molecule has 0 saturated carbocycles. The molecule has 6 heteroatoms. The van der Waals surface area contributed by atoms with Gasteiger partial charge in [-0.1, -0.05) is 30.3 Å². The van der Waals surface area contributed by atoms with Crippen molar-refractivity contribution < 1.29 is 9.21 Å². The van der Waals surface area contributed by atoms with E-state index >= 15 is 0 Å². The Morgan fingerprint density at radius 3 is 2.77 bits per heavy atom. The summed E-state index contributed by atoms with van der Waals surface area (Å²) in [5.74, 6) is 2.05. The van der Waals surface area contributed by atoms with Crippen LogP contribution in [0, 0.1) is 12.8 Å². The molecule has 1 aliphatic rings. The predicted molar refractivity (Wildman–Crippen MR) is 102 cm³/mol. The molecule has 2 aromatic heterocycles. The summed E-state index contributed by atoms with van der Waals surface area (Å²) in [6, 6.07) is 14.1. The molecule has 1 aromatic carbocycles. The van der Waals surface area contributed by atoms with Crippen molar-refractivity contribution in [1.29, 1.82) is 0 Å². The summed E-state index contributed by atoms with van der Waals surface area (Å²) in [6.45, 7) is 3.81. The maximum atomic E-state index is 12.9. The Hall–Kier alpha value is -2.44. The van der Waals surface area contributed by atoms with Gasteiger partial charge in [0, 0.05) is 24.4 Å². The van der Waals surface area contributed by atoms with Crippen LogP contribution < -0.4 is 5.73 Å². The molecule has 5 nitrogen and oxygen atoms in total. The molecule has 0 bridgehead atoms. The van der Waals surface area contributed by atoms with Crippen LogP contribution in [-0.4, -0.2) is 35.4 Å². The quantitative estimate of drug-likeness (QED) is 0.766. The first-order chi connectivity index (χ1) is 12.7. The summed E-state index contributed by atoms with van der Waals surface area (Å²) in [6.07, 6.45) is 0. The highest BCUT2D eigenvalue weighted by atomic mass is 32.1. The molecule has 0 radical (unpaired) electrons. The molecule has 134 valence electrons. The normalized spacial score (nSPS) is 19.8. The van der Waals surface area contributed by atoms with Gasteiger partial charge >= 0.3 is 0 Å². The van der Waals surface area contributed by atoms with Crippen molar-refractivity contribution in [1.82, 2.24) is 9.88 Å². The number of carbonyl (C=O) groups is 1. The molecule has 1 fully saturated rings. The molecule has 2 N–H and O–H groups in total. The van der Waals surface area contributed by atoms with Gasteiger partial charge in [-0.15, -0.1) is 11.3 Å².